The summed E-state index contributed by atoms with van der Waals surface area (Å²) in [4.78, 5) is 27.6. The number of amides is 1. The van der Waals surface area contributed by atoms with Crippen LogP contribution in [0.5, 0.6) is 0 Å². The minimum Gasteiger partial charge on any atom is -0.280 e. The van der Waals surface area contributed by atoms with Gasteiger partial charge in [0.1, 0.15) is 5.03 Å². The van der Waals surface area contributed by atoms with Crippen molar-refractivity contribution in [2.45, 2.75) is 21.2 Å². The second-order valence-corrected chi connectivity index (χ2v) is 8.17. The average molecular weight is 434 g/mol. The van der Waals surface area contributed by atoms with Gasteiger partial charge in [-0.25, -0.2) is 15.0 Å². The van der Waals surface area contributed by atoms with Gasteiger partial charge < -0.3 is 0 Å². The number of thioether (sulfide) groups is 2. The molecule has 1 aliphatic rings. The van der Waals surface area contributed by atoms with Gasteiger partial charge in [0.2, 0.25) is 5.95 Å². The SMILES string of the molecule is CN(C(=O)c1cccnc1SC(F)(F)F)c1ncc2c(n1)-c1ccccc1SC2. The summed E-state index contributed by atoms with van der Waals surface area (Å²) in [7, 11) is 1.43. The van der Waals surface area contributed by atoms with E-state index in [0.29, 0.717) is 5.75 Å². The van der Waals surface area contributed by atoms with Crippen molar-refractivity contribution in [2.75, 3.05) is 11.9 Å². The maximum absolute atomic E-state index is 12.9. The zero-order valence-corrected chi connectivity index (χ0v) is 16.6. The molecule has 0 saturated heterocycles. The van der Waals surface area contributed by atoms with Gasteiger partial charge in [0.25, 0.3) is 5.91 Å². The molecular weight excluding hydrogens is 421 g/mol. The third-order valence-electron chi connectivity index (χ3n) is 4.20. The van der Waals surface area contributed by atoms with E-state index in [1.165, 1.54) is 25.4 Å². The standard InChI is InChI=1S/C19H13F3N4OS2/c1-26(17(27)13-6-4-8-23-16(13)29-19(20,21)22)18-24-9-11-10-28-14-7-3-2-5-12(14)15(11)25-18/h2-9H,10H2,1H3. The summed E-state index contributed by atoms with van der Waals surface area (Å²) in [6.07, 6.45) is 2.87. The average Bonchev–Trinajstić information content (AvgIpc) is 2.71. The van der Waals surface area contributed by atoms with Gasteiger partial charge in [0, 0.05) is 53.0 Å². The molecule has 3 heterocycles. The Labute approximate surface area is 172 Å². The number of hydrogen-bond donors (Lipinski definition) is 0. The summed E-state index contributed by atoms with van der Waals surface area (Å²) in [5.41, 5.74) is -2.10. The first-order valence-electron chi connectivity index (χ1n) is 8.40. The highest BCUT2D eigenvalue weighted by atomic mass is 32.2. The third-order valence-corrected chi connectivity index (χ3v) is 6.07. The van der Waals surface area contributed by atoms with Gasteiger partial charge in [0.15, 0.2) is 0 Å². The van der Waals surface area contributed by atoms with E-state index < -0.39 is 28.2 Å². The molecule has 0 bridgehead atoms. The molecule has 0 saturated carbocycles. The molecule has 3 aromatic rings. The molecule has 0 radical (unpaired) electrons. The number of pyridine rings is 1. The minimum absolute atomic E-state index is 0.113. The molecule has 0 spiro atoms. The number of carbonyl (C=O) groups is 1. The fraction of sp³-hybridized carbons (Fsp3) is 0.158. The van der Waals surface area contributed by atoms with Crippen LogP contribution in [0.4, 0.5) is 19.1 Å². The van der Waals surface area contributed by atoms with Gasteiger partial charge in [-0.1, -0.05) is 18.2 Å². The highest BCUT2D eigenvalue weighted by Gasteiger charge is 2.33. The first-order valence-corrected chi connectivity index (χ1v) is 10.2. The zero-order chi connectivity index (χ0) is 20.6. The van der Waals surface area contributed by atoms with Crippen molar-refractivity contribution in [1.82, 2.24) is 15.0 Å². The molecular formula is C19H13F3N4OS2. The molecule has 1 aromatic carbocycles. The van der Waals surface area contributed by atoms with Crippen molar-refractivity contribution in [2.24, 2.45) is 0 Å². The Kier molecular flexibility index (Phi) is 5.22. The Morgan fingerprint density at radius 2 is 1.97 bits per heavy atom. The van der Waals surface area contributed by atoms with Crippen LogP contribution in [0.2, 0.25) is 0 Å². The quantitative estimate of drug-likeness (QED) is 0.539. The van der Waals surface area contributed by atoms with Gasteiger partial charge in [-0.3, -0.25) is 9.69 Å². The minimum atomic E-state index is -4.55. The fourth-order valence-corrected chi connectivity index (χ4v) is 4.47. The molecule has 0 fully saturated rings. The van der Waals surface area contributed by atoms with Crippen molar-refractivity contribution in [3.8, 4) is 11.3 Å². The predicted molar refractivity (Wildman–Crippen MR) is 106 cm³/mol. The van der Waals surface area contributed by atoms with E-state index in [2.05, 4.69) is 15.0 Å². The highest BCUT2D eigenvalue weighted by Crippen LogP contribution is 2.41. The third kappa shape index (κ3) is 4.08. The van der Waals surface area contributed by atoms with E-state index in [1.54, 1.807) is 18.0 Å². The summed E-state index contributed by atoms with van der Waals surface area (Å²) < 4.78 is 38.4. The molecule has 2 aromatic heterocycles. The van der Waals surface area contributed by atoms with Crippen molar-refractivity contribution in [1.29, 1.82) is 0 Å². The largest absolute Gasteiger partial charge is 0.447 e. The molecule has 4 rings (SSSR count). The van der Waals surface area contributed by atoms with Gasteiger partial charge in [-0.15, -0.1) is 11.8 Å². The highest BCUT2D eigenvalue weighted by molar-refractivity contribution is 8.00. The van der Waals surface area contributed by atoms with E-state index in [4.69, 9.17) is 0 Å². The van der Waals surface area contributed by atoms with Crippen LogP contribution in [0.3, 0.4) is 0 Å². The van der Waals surface area contributed by atoms with Crippen LogP contribution in [0.15, 0.2) is 58.7 Å². The monoisotopic (exact) mass is 434 g/mol. The Hall–Kier alpha value is -2.59. The first-order chi connectivity index (χ1) is 13.8. The van der Waals surface area contributed by atoms with E-state index >= 15 is 0 Å². The van der Waals surface area contributed by atoms with Gasteiger partial charge in [-0.2, -0.15) is 13.2 Å². The zero-order valence-electron chi connectivity index (χ0n) is 15.0. The topological polar surface area (TPSA) is 59.0 Å². The van der Waals surface area contributed by atoms with E-state index in [0.717, 1.165) is 26.6 Å². The number of alkyl halides is 3. The van der Waals surface area contributed by atoms with E-state index in [-0.39, 0.29) is 11.5 Å². The lowest BCUT2D eigenvalue weighted by Crippen LogP contribution is -2.29. The number of aromatic nitrogens is 3. The van der Waals surface area contributed by atoms with Crippen molar-refractivity contribution >= 4 is 35.4 Å². The molecule has 0 atom stereocenters. The summed E-state index contributed by atoms with van der Waals surface area (Å²) in [5.74, 6) is 0.157. The molecule has 0 unspecified atom stereocenters. The lowest BCUT2D eigenvalue weighted by molar-refractivity contribution is -0.0329. The molecule has 5 nitrogen and oxygen atoms in total. The van der Waals surface area contributed by atoms with Crippen LogP contribution in [0.1, 0.15) is 15.9 Å². The lowest BCUT2D eigenvalue weighted by atomic mass is 10.1. The van der Waals surface area contributed by atoms with Crippen LogP contribution in [0.25, 0.3) is 11.3 Å². The van der Waals surface area contributed by atoms with Crippen LogP contribution >= 0.6 is 23.5 Å². The molecule has 1 amide bonds. The van der Waals surface area contributed by atoms with Crippen LogP contribution in [0, 0.1) is 0 Å². The molecule has 0 N–H and O–H groups in total. The number of rotatable bonds is 3. The van der Waals surface area contributed by atoms with Gasteiger partial charge in [-0.05, 0) is 18.2 Å². The fourth-order valence-electron chi connectivity index (χ4n) is 2.86. The second-order valence-electron chi connectivity index (χ2n) is 6.10. The molecule has 148 valence electrons. The maximum Gasteiger partial charge on any atom is 0.447 e. The smallest absolute Gasteiger partial charge is 0.280 e. The molecule has 1 aliphatic heterocycles. The van der Waals surface area contributed by atoms with Crippen LogP contribution in [-0.2, 0) is 5.75 Å². The first kappa shape index (κ1) is 19.7. The maximum atomic E-state index is 12.9. The number of halogens is 3. The van der Waals surface area contributed by atoms with E-state index in [1.807, 2.05) is 24.3 Å². The van der Waals surface area contributed by atoms with Gasteiger partial charge in [0.05, 0.1) is 11.3 Å². The summed E-state index contributed by atoms with van der Waals surface area (Å²) in [6.45, 7) is 0. The Bertz CT molecular complexity index is 1090. The van der Waals surface area contributed by atoms with E-state index in [9.17, 15) is 18.0 Å². The van der Waals surface area contributed by atoms with Crippen molar-refractivity contribution in [3.05, 3.63) is 59.9 Å². The van der Waals surface area contributed by atoms with Crippen molar-refractivity contribution in [3.63, 3.8) is 0 Å². The lowest BCUT2D eigenvalue weighted by Gasteiger charge is -2.21. The second kappa shape index (κ2) is 7.68. The van der Waals surface area contributed by atoms with Crippen LogP contribution < -0.4 is 4.90 Å². The number of anilines is 1. The number of carbonyl (C=O) groups excluding carboxylic acids is 1. The number of hydrogen-bond acceptors (Lipinski definition) is 6. The number of nitrogens with zero attached hydrogens (tertiary/aromatic N) is 4. The number of benzene rings is 1. The molecule has 0 aliphatic carbocycles. The predicted octanol–water partition coefficient (Wildman–Crippen LogP) is 5.03. The normalized spacial score (nSPS) is 12.8. The van der Waals surface area contributed by atoms with Crippen molar-refractivity contribution < 1.29 is 18.0 Å². The summed E-state index contributed by atoms with van der Waals surface area (Å²) >= 11 is 1.26. The number of fused-ring (bicyclic) bond motifs is 3. The molecule has 10 heteroatoms. The van der Waals surface area contributed by atoms with Crippen LogP contribution in [-0.4, -0.2) is 33.4 Å². The molecule has 29 heavy (non-hydrogen) atoms. The Morgan fingerprint density at radius 1 is 1.17 bits per heavy atom. The Balaban J connectivity index is 1.69. The Morgan fingerprint density at radius 3 is 2.76 bits per heavy atom. The van der Waals surface area contributed by atoms with Gasteiger partial charge >= 0.3 is 5.51 Å². The summed E-state index contributed by atoms with van der Waals surface area (Å²) in [5, 5.41) is -0.406. The summed E-state index contributed by atoms with van der Waals surface area (Å²) in [6, 6.07) is 10.5.